The number of carbonyl (C=O) groups excluding carboxylic acids is 1. The molecule has 1 N–H and O–H groups in total. The Hall–Kier alpha value is -2.93. The first-order valence-corrected chi connectivity index (χ1v) is 8.18. The van der Waals surface area contributed by atoms with E-state index in [2.05, 4.69) is 10.3 Å². The van der Waals surface area contributed by atoms with Gasteiger partial charge < -0.3 is 9.47 Å². The fourth-order valence-corrected chi connectivity index (χ4v) is 3.13. The molecule has 1 amide bonds. The Morgan fingerprint density at radius 3 is 2.80 bits per heavy atom. The van der Waals surface area contributed by atoms with Crippen LogP contribution < -0.4 is 14.8 Å². The molecule has 25 heavy (non-hydrogen) atoms. The minimum Gasteiger partial charge on any atom is -0.497 e. The van der Waals surface area contributed by atoms with Crippen LogP contribution in [0.25, 0.3) is 16.3 Å². The highest BCUT2D eigenvalue weighted by Gasteiger charge is 2.07. The maximum atomic E-state index is 13.2. The van der Waals surface area contributed by atoms with Crippen molar-refractivity contribution in [3.8, 4) is 11.5 Å². The number of rotatable bonds is 5. The zero-order valence-electron chi connectivity index (χ0n) is 13.6. The molecule has 5 nitrogen and oxygen atoms in total. The minimum absolute atomic E-state index is 0.334. The molecule has 0 spiro atoms. The Morgan fingerprint density at radius 2 is 2.04 bits per heavy atom. The van der Waals surface area contributed by atoms with Gasteiger partial charge in [-0.25, -0.2) is 9.37 Å². The van der Waals surface area contributed by atoms with Crippen LogP contribution in [0.3, 0.4) is 0 Å². The van der Waals surface area contributed by atoms with Crippen LogP contribution in [0.4, 0.5) is 9.52 Å². The molecule has 0 saturated heterocycles. The van der Waals surface area contributed by atoms with Gasteiger partial charge in [0, 0.05) is 11.6 Å². The fraction of sp³-hybridized carbons (Fsp3) is 0.111. The maximum Gasteiger partial charge on any atom is 0.250 e. The van der Waals surface area contributed by atoms with Crippen molar-refractivity contribution in [3.63, 3.8) is 0 Å². The van der Waals surface area contributed by atoms with E-state index in [9.17, 15) is 9.18 Å². The van der Waals surface area contributed by atoms with Gasteiger partial charge in [-0.3, -0.25) is 10.1 Å². The lowest BCUT2D eigenvalue weighted by molar-refractivity contribution is -0.111. The lowest BCUT2D eigenvalue weighted by atomic mass is 10.1. The van der Waals surface area contributed by atoms with Gasteiger partial charge in [-0.15, -0.1) is 0 Å². The number of ether oxygens (including phenoxy) is 2. The SMILES string of the molecule is COc1ccc(OC)c(/C=C/C(=O)Nc2nc3ccc(F)cc3s2)c1. The number of halogens is 1. The molecule has 0 aliphatic carbocycles. The quantitative estimate of drug-likeness (QED) is 0.698. The Balaban J connectivity index is 1.76. The molecule has 0 atom stereocenters. The first-order valence-electron chi connectivity index (χ1n) is 7.36. The van der Waals surface area contributed by atoms with Gasteiger partial charge in [-0.2, -0.15) is 0 Å². The average Bonchev–Trinajstić information content (AvgIpc) is 3.00. The van der Waals surface area contributed by atoms with Crippen molar-refractivity contribution < 1.29 is 18.7 Å². The predicted octanol–water partition coefficient (Wildman–Crippen LogP) is 4.10. The smallest absolute Gasteiger partial charge is 0.250 e. The van der Waals surface area contributed by atoms with Gasteiger partial charge in [0.15, 0.2) is 5.13 Å². The summed E-state index contributed by atoms with van der Waals surface area (Å²) in [4.78, 5) is 16.4. The fourth-order valence-electron chi connectivity index (χ4n) is 2.23. The number of nitrogens with zero attached hydrogens (tertiary/aromatic N) is 1. The van der Waals surface area contributed by atoms with Crippen LogP contribution in [-0.2, 0) is 4.79 Å². The number of methoxy groups -OCH3 is 2. The van der Waals surface area contributed by atoms with Gasteiger partial charge in [0.25, 0.3) is 0 Å². The molecule has 0 aliphatic rings. The molecule has 1 heterocycles. The van der Waals surface area contributed by atoms with E-state index < -0.39 is 0 Å². The van der Waals surface area contributed by atoms with Gasteiger partial charge in [-0.1, -0.05) is 11.3 Å². The summed E-state index contributed by atoms with van der Waals surface area (Å²) < 4.78 is 24.3. The normalized spacial score (nSPS) is 11.0. The summed E-state index contributed by atoms with van der Waals surface area (Å²) in [6, 6.07) is 9.61. The zero-order chi connectivity index (χ0) is 17.8. The molecule has 0 fully saturated rings. The van der Waals surface area contributed by atoms with Crippen molar-refractivity contribution >= 4 is 38.7 Å². The summed E-state index contributed by atoms with van der Waals surface area (Å²) in [5, 5.41) is 3.08. The monoisotopic (exact) mass is 358 g/mol. The Labute approximate surface area is 147 Å². The van der Waals surface area contributed by atoms with Crippen LogP contribution in [0.5, 0.6) is 11.5 Å². The summed E-state index contributed by atoms with van der Waals surface area (Å²) >= 11 is 1.21. The molecule has 0 radical (unpaired) electrons. The summed E-state index contributed by atoms with van der Waals surface area (Å²) in [6.07, 6.45) is 3.01. The lowest BCUT2D eigenvalue weighted by Gasteiger charge is -2.07. The highest BCUT2D eigenvalue weighted by atomic mass is 32.1. The van der Waals surface area contributed by atoms with Crippen LogP contribution in [0, 0.1) is 5.82 Å². The van der Waals surface area contributed by atoms with Crippen molar-refractivity contribution in [2.24, 2.45) is 0 Å². The van der Waals surface area contributed by atoms with E-state index in [0.717, 1.165) is 0 Å². The molecule has 0 bridgehead atoms. The molecule has 3 aromatic rings. The number of amides is 1. The average molecular weight is 358 g/mol. The van der Waals surface area contributed by atoms with Gasteiger partial charge in [0.1, 0.15) is 17.3 Å². The summed E-state index contributed by atoms with van der Waals surface area (Å²) in [6.45, 7) is 0. The third kappa shape index (κ3) is 3.95. The Kier molecular flexibility index (Phi) is 4.95. The predicted molar refractivity (Wildman–Crippen MR) is 96.8 cm³/mol. The molecule has 3 rings (SSSR count). The number of fused-ring (bicyclic) bond motifs is 1. The number of carbonyl (C=O) groups is 1. The second-order valence-electron chi connectivity index (χ2n) is 5.06. The third-order valence-corrected chi connectivity index (χ3v) is 4.37. The number of hydrogen-bond donors (Lipinski definition) is 1. The molecule has 0 unspecified atom stereocenters. The van der Waals surface area contributed by atoms with Crippen molar-refractivity contribution in [2.45, 2.75) is 0 Å². The number of benzene rings is 2. The van der Waals surface area contributed by atoms with Crippen LogP contribution in [-0.4, -0.2) is 25.1 Å². The molecular weight excluding hydrogens is 343 g/mol. The van der Waals surface area contributed by atoms with Gasteiger partial charge in [0.05, 0.1) is 24.4 Å². The van der Waals surface area contributed by atoms with E-state index in [4.69, 9.17) is 9.47 Å². The van der Waals surface area contributed by atoms with Crippen molar-refractivity contribution in [1.82, 2.24) is 4.98 Å². The highest BCUT2D eigenvalue weighted by Crippen LogP contribution is 2.27. The third-order valence-electron chi connectivity index (χ3n) is 3.43. The standard InChI is InChI=1S/C18H15FN2O3S/c1-23-13-5-7-15(24-2)11(9-13)3-8-17(22)21-18-20-14-6-4-12(19)10-16(14)25-18/h3-10H,1-2H3,(H,20,21,22)/b8-3+. The van der Waals surface area contributed by atoms with E-state index in [1.54, 1.807) is 44.6 Å². The van der Waals surface area contributed by atoms with Crippen molar-refractivity contribution in [1.29, 1.82) is 0 Å². The number of nitrogens with one attached hydrogen (secondary N) is 1. The summed E-state index contributed by atoms with van der Waals surface area (Å²) in [7, 11) is 3.12. The molecule has 0 saturated carbocycles. The van der Waals surface area contributed by atoms with Gasteiger partial charge >= 0.3 is 0 Å². The van der Waals surface area contributed by atoms with Crippen molar-refractivity contribution in [3.05, 3.63) is 53.9 Å². The zero-order valence-corrected chi connectivity index (χ0v) is 14.4. The summed E-state index contributed by atoms with van der Waals surface area (Å²) in [5.41, 5.74) is 1.35. The maximum absolute atomic E-state index is 13.2. The van der Waals surface area contributed by atoms with E-state index >= 15 is 0 Å². The molecular formula is C18H15FN2O3S. The Bertz CT molecular complexity index is 953. The number of thiazole rings is 1. The second kappa shape index (κ2) is 7.31. The van der Waals surface area contributed by atoms with Crippen LogP contribution in [0.1, 0.15) is 5.56 Å². The van der Waals surface area contributed by atoms with Crippen LogP contribution in [0.15, 0.2) is 42.5 Å². The molecule has 7 heteroatoms. The lowest BCUT2D eigenvalue weighted by Crippen LogP contribution is -2.07. The van der Waals surface area contributed by atoms with Gasteiger partial charge in [-0.05, 0) is 42.5 Å². The van der Waals surface area contributed by atoms with Gasteiger partial charge in [0.2, 0.25) is 5.91 Å². The topological polar surface area (TPSA) is 60.5 Å². The summed E-state index contributed by atoms with van der Waals surface area (Å²) in [5.74, 6) is 0.609. The Morgan fingerprint density at radius 1 is 1.20 bits per heavy atom. The highest BCUT2D eigenvalue weighted by molar-refractivity contribution is 7.22. The van der Waals surface area contributed by atoms with E-state index in [1.165, 1.54) is 29.5 Å². The van der Waals surface area contributed by atoms with Crippen LogP contribution >= 0.6 is 11.3 Å². The first-order chi connectivity index (χ1) is 12.1. The largest absolute Gasteiger partial charge is 0.497 e. The van der Waals surface area contributed by atoms with E-state index in [1.807, 2.05) is 0 Å². The number of anilines is 1. The van der Waals surface area contributed by atoms with E-state index in [-0.39, 0.29) is 11.7 Å². The molecule has 0 aliphatic heterocycles. The number of aromatic nitrogens is 1. The first kappa shape index (κ1) is 16.9. The van der Waals surface area contributed by atoms with E-state index in [0.29, 0.717) is 32.4 Å². The molecule has 2 aromatic carbocycles. The second-order valence-corrected chi connectivity index (χ2v) is 6.09. The molecule has 1 aromatic heterocycles. The molecule has 128 valence electrons. The van der Waals surface area contributed by atoms with Crippen LogP contribution in [0.2, 0.25) is 0 Å². The number of hydrogen-bond acceptors (Lipinski definition) is 5. The minimum atomic E-state index is -0.343. The van der Waals surface area contributed by atoms with Crippen molar-refractivity contribution in [2.75, 3.05) is 19.5 Å².